The van der Waals surface area contributed by atoms with E-state index < -0.39 is 6.09 Å². The smallest absolute Gasteiger partial charge is 0.412 e. The molecule has 0 bridgehead atoms. The van der Waals surface area contributed by atoms with E-state index in [1.165, 1.54) is 4.68 Å². The van der Waals surface area contributed by atoms with Crippen LogP contribution in [0.5, 0.6) is 0 Å². The fourth-order valence-corrected chi connectivity index (χ4v) is 2.38. The highest BCUT2D eigenvalue weighted by atomic mass is 16.6. The summed E-state index contributed by atoms with van der Waals surface area (Å²) in [4.78, 5) is 21.5. The van der Waals surface area contributed by atoms with Crippen LogP contribution in [0, 0.1) is 0 Å². The molecule has 0 radical (unpaired) electrons. The minimum absolute atomic E-state index is 0.0984. The summed E-state index contributed by atoms with van der Waals surface area (Å²) < 4.78 is 6.50. The van der Waals surface area contributed by atoms with Gasteiger partial charge < -0.3 is 9.57 Å². The molecule has 0 saturated carbocycles. The normalized spacial score (nSPS) is 11.2. The van der Waals surface area contributed by atoms with Crippen LogP contribution in [0.15, 0.2) is 53.7 Å². The summed E-state index contributed by atoms with van der Waals surface area (Å²) in [5, 5.41) is 18.3. The maximum Gasteiger partial charge on any atom is 0.412 e. The molecule has 1 aromatic carbocycles. The van der Waals surface area contributed by atoms with Crippen molar-refractivity contribution in [2.24, 2.45) is 12.2 Å². The highest BCUT2D eigenvalue weighted by molar-refractivity contribution is 6.10. The Morgan fingerprint density at radius 3 is 2.72 bits per heavy atom. The molecule has 0 saturated heterocycles. The minimum atomic E-state index is -0.545. The largest absolute Gasteiger partial charge is 0.449 e. The van der Waals surface area contributed by atoms with Crippen LogP contribution in [-0.2, 0) is 23.2 Å². The predicted molar refractivity (Wildman–Crippen MR) is 105 cm³/mol. The van der Waals surface area contributed by atoms with Crippen molar-refractivity contribution in [1.82, 2.24) is 25.2 Å². The van der Waals surface area contributed by atoms with Crippen molar-refractivity contribution >= 4 is 17.6 Å². The standard InChI is InChI=1S/C19H21N7O3/c1-3-12-28-19(27)21-16-11-7-10-15(20-16)13-29-23-17(14-8-5-4-6-9-14)18-22-24-25-26(18)2/h4-11H,3,12-13H2,1-2H3,(H,20,21,27). The number of tetrazole rings is 1. The number of pyridine rings is 1. The van der Waals surface area contributed by atoms with E-state index in [1.807, 2.05) is 37.3 Å². The molecule has 0 fully saturated rings. The van der Waals surface area contributed by atoms with Gasteiger partial charge in [0.2, 0.25) is 5.82 Å². The van der Waals surface area contributed by atoms with Crippen molar-refractivity contribution in [3.05, 3.63) is 65.6 Å². The third-order valence-corrected chi connectivity index (χ3v) is 3.72. The molecule has 1 N–H and O–H groups in total. The molecule has 0 aliphatic heterocycles. The molecule has 0 aliphatic carbocycles. The fourth-order valence-electron chi connectivity index (χ4n) is 2.38. The molecule has 0 aliphatic rings. The summed E-state index contributed by atoms with van der Waals surface area (Å²) in [7, 11) is 1.72. The van der Waals surface area contributed by atoms with Gasteiger partial charge in [-0.05, 0) is 29.0 Å². The van der Waals surface area contributed by atoms with Crippen LogP contribution in [0.3, 0.4) is 0 Å². The Hall–Kier alpha value is -3.82. The lowest BCUT2D eigenvalue weighted by Gasteiger charge is -2.08. The van der Waals surface area contributed by atoms with Gasteiger partial charge in [-0.2, -0.15) is 0 Å². The summed E-state index contributed by atoms with van der Waals surface area (Å²) in [6.07, 6.45) is 0.203. The number of amides is 1. The molecule has 3 aromatic rings. The van der Waals surface area contributed by atoms with E-state index in [4.69, 9.17) is 9.57 Å². The number of nitrogens with zero attached hydrogens (tertiary/aromatic N) is 6. The van der Waals surface area contributed by atoms with Gasteiger partial charge in [-0.3, -0.25) is 5.32 Å². The van der Waals surface area contributed by atoms with E-state index in [0.717, 1.165) is 12.0 Å². The Labute approximate surface area is 167 Å². The molecule has 0 atom stereocenters. The van der Waals surface area contributed by atoms with Crippen LogP contribution in [-0.4, -0.2) is 43.6 Å². The number of hydrogen-bond acceptors (Lipinski definition) is 8. The molecule has 150 valence electrons. The van der Waals surface area contributed by atoms with Crippen molar-refractivity contribution in [3.8, 4) is 0 Å². The van der Waals surface area contributed by atoms with Gasteiger partial charge in [-0.15, -0.1) is 5.10 Å². The van der Waals surface area contributed by atoms with Crippen molar-refractivity contribution in [2.45, 2.75) is 20.0 Å². The quantitative estimate of drug-likeness (QED) is 0.460. The number of carbonyl (C=O) groups excluding carboxylic acids is 1. The van der Waals surface area contributed by atoms with Crippen LogP contribution in [0.4, 0.5) is 10.6 Å². The Kier molecular flexibility index (Phi) is 6.82. The van der Waals surface area contributed by atoms with E-state index in [1.54, 1.807) is 25.2 Å². The maximum atomic E-state index is 11.7. The fraction of sp³-hybridized carbons (Fsp3) is 0.263. The lowest BCUT2D eigenvalue weighted by atomic mass is 10.1. The first-order valence-electron chi connectivity index (χ1n) is 9.05. The number of carbonyl (C=O) groups is 1. The third-order valence-electron chi connectivity index (χ3n) is 3.72. The van der Waals surface area contributed by atoms with Gasteiger partial charge in [0.05, 0.1) is 12.3 Å². The summed E-state index contributed by atoms with van der Waals surface area (Å²) in [6.45, 7) is 2.37. The van der Waals surface area contributed by atoms with Gasteiger partial charge >= 0.3 is 6.09 Å². The number of rotatable bonds is 8. The van der Waals surface area contributed by atoms with Crippen LogP contribution in [0.2, 0.25) is 0 Å². The molecular formula is C19H21N7O3. The van der Waals surface area contributed by atoms with E-state index in [0.29, 0.717) is 29.7 Å². The topological polar surface area (TPSA) is 116 Å². The zero-order chi connectivity index (χ0) is 20.5. The first-order chi connectivity index (χ1) is 14.2. The molecule has 10 nitrogen and oxygen atoms in total. The van der Waals surface area contributed by atoms with Gasteiger partial charge in [0, 0.05) is 12.6 Å². The van der Waals surface area contributed by atoms with Gasteiger partial charge in [-0.1, -0.05) is 48.5 Å². The number of benzene rings is 1. The molecule has 29 heavy (non-hydrogen) atoms. The average molecular weight is 395 g/mol. The predicted octanol–water partition coefficient (Wildman–Crippen LogP) is 2.53. The highest BCUT2D eigenvalue weighted by Gasteiger charge is 2.14. The first-order valence-corrected chi connectivity index (χ1v) is 9.05. The van der Waals surface area contributed by atoms with Crippen LogP contribution in [0.25, 0.3) is 0 Å². The Bertz CT molecular complexity index is 973. The Morgan fingerprint density at radius 1 is 1.17 bits per heavy atom. The number of nitrogens with one attached hydrogen (secondary N) is 1. The number of ether oxygens (including phenoxy) is 1. The van der Waals surface area contributed by atoms with Gasteiger partial charge in [0.1, 0.15) is 5.82 Å². The third kappa shape index (κ3) is 5.58. The zero-order valence-corrected chi connectivity index (χ0v) is 16.1. The van der Waals surface area contributed by atoms with Crippen molar-refractivity contribution in [1.29, 1.82) is 0 Å². The zero-order valence-electron chi connectivity index (χ0n) is 16.1. The summed E-state index contributed by atoms with van der Waals surface area (Å²) in [5.41, 5.74) is 1.90. The molecule has 0 spiro atoms. The van der Waals surface area contributed by atoms with Gasteiger partial charge in [0.25, 0.3) is 0 Å². The molecule has 3 rings (SSSR count). The molecule has 2 heterocycles. The number of aryl methyl sites for hydroxylation is 1. The molecule has 10 heteroatoms. The van der Waals surface area contributed by atoms with E-state index in [-0.39, 0.29) is 6.61 Å². The van der Waals surface area contributed by atoms with Crippen molar-refractivity contribution in [3.63, 3.8) is 0 Å². The first kappa shape index (κ1) is 19.9. The second-order valence-electron chi connectivity index (χ2n) is 5.98. The molecule has 0 unspecified atom stereocenters. The molecule has 1 amide bonds. The summed E-state index contributed by atoms with van der Waals surface area (Å²) >= 11 is 0. The summed E-state index contributed by atoms with van der Waals surface area (Å²) in [5.74, 6) is 0.843. The summed E-state index contributed by atoms with van der Waals surface area (Å²) in [6, 6.07) is 14.7. The molecular weight excluding hydrogens is 374 g/mol. The Morgan fingerprint density at radius 2 is 2.00 bits per heavy atom. The van der Waals surface area contributed by atoms with Crippen molar-refractivity contribution in [2.75, 3.05) is 11.9 Å². The number of hydrogen-bond donors (Lipinski definition) is 1. The average Bonchev–Trinajstić information content (AvgIpc) is 3.16. The Balaban J connectivity index is 1.71. The van der Waals surface area contributed by atoms with Gasteiger partial charge in [-0.25, -0.2) is 14.5 Å². The lowest BCUT2D eigenvalue weighted by Crippen LogP contribution is -2.15. The van der Waals surface area contributed by atoms with Crippen molar-refractivity contribution < 1.29 is 14.4 Å². The monoisotopic (exact) mass is 395 g/mol. The second kappa shape index (κ2) is 9.93. The van der Waals surface area contributed by atoms with E-state index >= 15 is 0 Å². The van der Waals surface area contributed by atoms with E-state index in [9.17, 15) is 4.79 Å². The highest BCUT2D eigenvalue weighted by Crippen LogP contribution is 2.10. The number of aromatic nitrogens is 5. The SMILES string of the molecule is CCCOC(=O)Nc1cccc(CON=C(c2ccccc2)c2nnnn2C)n1. The molecule has 2 aromatic heterocycles. The lowest BCUT2D eigenvalue weighted by molar-refractivity contribution is 0.128. The van der Waals surface area contributed by atoms with Crippen LogP contribution < -0.4 is 5.32 Å². The number of anilines is 1. The van der Waals surface area contributed by atoms with E-state index in [2.05, 4.69) is 31.0 Å². The van der Waals surface area contributed by atoms with Gasteiger partial charge in [0.15, 0.2) is 12.3 Å². The number of oxime groups is 1. The van der Waals surface area contributed by atoms with Crippen LogP contribution in [0.1, 0.15) is 30.4 Å². The van der Waals surface area contributed by atoms with Crippen LogP contribution >= 0.6 is 0 Å². The maximum absolute atomic E-state index is 11.7. The second-order valence-corrected chi connectivity index (χ2v) is 5.98. The minimum Gasteiger partial charge on any atom is -0.449 e.